The van der Waals surface area contributed by atoms with E-state index in [1.807, 2.05) is 13.8 Å². The van der Waals surface area contributed by atoms with Crippen LogP contribution in [0, 0.1) is 5.92 Å². The fraction of sp³-hybridized carbons (Fsp3) is 0.786. The van der Waals surface area contributed by atoms with Gasteiger partial charge in [-0.1, -0.05) is 20.3 Å². The largest absolute Gasteiger partial charge is 0.300 e. The van der Waals surface area contributed by atoms with Crippen LogP contribution in [0.5, 0.6) is 0 Å². The molecule has 4 nitrogen and oxygen atoms in total. The number of likely N-dealkylation sites (tertiary alicyclic amines) is 1. The number of piperidine rings is 1. The molecule has 18 heavy (non-hydrogen) atoms. The first-order valence-electron chi connectivity index (χ1n) is 6.89. The summed E-state index contributed by atoms with van der Waals surface area (Å²) >= 11 is 0. The van der Waals surface area contributed by atoms with Crippen LogP contribution in [0.1, 0.15) is 58.8 Å². The molecule has 1 saturated heterocycles. The van der Waals surface area contributed by atoms with E-state index >= 15 is 0 Å². The van der Waals surface area contributed by atoms with Gasteiger partial charge in [-0.05, 0) is 18.8 Å². The maximum atomic E-state index is 11.7. The molecule has 0 radical (unpaired) electrons. The van der Waals surface area contributed by atoms with Crippen molar-refractivity contribution in [3.63, 3.8) is 0 Å². The lowest BCUT2D eigenvalue weighted by molar-refractivity contribution is -0.149. The van der Waals surface area contributed by atoms with E-state index in [0.29, 0.717) is 32.2 Å². The third-order valence-corrected chi connectivity index (χ3v) is 3.38. The lowest BCUT2D eigenvalue weighted by Gasteiger charge is -2.28. The van der Waals surface area contributed by atoms with Gasteiger partial charge in [0, 0.05) is 32.2 Å². The smallest absolute Gasteiger partial charge is 0.229 e. The lowest BCUT2D eigenvalue weighted by Crippen LogP contribution is -2.43. The van der Waals surface area contributed by atoms with Gasteiger partial charge >= 0.3 is 0 Å². The predicted molar refractivity (Wildman–Crippen MR) is 68.9 cm³/mol. The van der Waals surface area contributed by atoms with Gasteiger partial charge in [0.1, 0.15) is 5.78 Å². The van der Waals surface area contributed by atoms with Gasteiger partial charge in [-0.25, -0.2) is 0 Å². The first kappa shape index (κ1) is 14.9. The minimum absolute atomic E-state index is 0.0385. The molecule has 0 aromatic heterocycles. The molecule has 1 aliphatic heterocycles. The van der Waals surface area contributed by atoms with Crippen molar-refractivity contribution in [3.05, 3.63) is 0 Å². The number of amides is 2. The van der Waals surface area contributed by atoms with E-state index in [2.05, 4.69) is 0 Å². The zero-order valence-electron chi connectivity index (χ0n) is 11.4. The second kappa shape index (κ2) is 7.29. The van der Waals surface area contributed by atoms with Crippen LogP contribution in [0.25, 0.3) is 0 Å². The van der Waals surface area contributed by atoms with Crippen molar-refractivity contribution < 1.29 is 14.4 Å². The summed E-state index contributed by atoms with van der Waals surface area (Å²) in [6.07, 6.45) is 4.76. The zero-order chi connectivity index (χ0) is 13.5. The average molecular weight is 253 g/mol. The lowest BCUT2D eigenvalue weighted by atomic mass is 9.97. The number of carbonyl (C=O) groups is 3. The maximum Gasteiger partial charge on any atom is 0.229 e. The van der Waals surface area contributed by atoms with Gasteiger partial charge in [0.05, 0.1) is 0 Å². The Morgan fingerprint density at radius 3 is 2.33 bits per heavy atom. The van der Waals surface area contributed by atoms with Crippen molar-refractivity contribution in [1.82, 2.24) is 4.90 Å². The van der Waals surface area contributed by atoms with E-state index in [4.69, 9.17) is 0 Å². The maximum absolute atomic E-state index is 11.7. The zero-order valence-corrected chi connectivity index (χ0v) is 11.4. The van der Waals surface area contributed by atoms with Gasteiger partial charge in [-0.3, -0.25) is 19.3 Å². The molecular formula is C14H23NO3. The Morgan fingerprint density at radius 1 is 1.17 bits per heavy atom. The molecule has 0 bridgehead atoms. The van der Waals surface area contributed by atoms with Gasteiger partial charge in [-0.2, -0.15) is 0 Å². The molecule has 0 spiro atoms. The minimum Gasteiger partial charge on any atom is -0.300 e. The highest BCUT2D eigenvalue weighted by atomic mass is 16.2. The van der Waals surface area contributed by atoms with E-state index in [1.165, 1.54) is 4.90 Å². The van der Waals surface area contributed by atoms with E-state index in [1.54, 1.807) is 0 Å². The molecule has 1 aliphatic rings. The van der Waals surface area contributed by atoms with Crippen molar-refractivity contribution in [3.8, 4) is 0 Å². The third kappa shape index (κ3) is 4.59. The van der Waals surface area contributed by atoms with Crippen LogP contribution in [-0.2, 0) is 14.4 Å². The summed E-state index contributed by atoms with van der Waals surface area (Å²) in [5.74, 6) is 0.393. The molecule has 2 amide bonds. The molecule has 0 aromatic rings. The van der Waals surface area contributed by atoms with Crippen LogP contribution in [0.4, 0.5) is 0 Å². The molecule has 0 atom stereocenters. The summed E-state index contributed by atoms with van der Waals surface area (Å²) < 4.78 is 0. The Balaban J connectivity index is 2.20. The summed E-state index contributed by atoms with van der Waals surface area (Å²) in [5, 5.41) is 0. The Morgan fingerprint density at radius 2 is 1.78 bits per heavy atom. The molecule has 0 aromatic carbocycles. The topological polar surface area (TPSA) is 54.5 Å². The second-order valence-corrected chi connectivity index (χ2v) is 5.16. The van der Waals surface area contributed by atoms with Gasteiger partial charge in [0.2, 0.25) is 11.8 Å². The van der Waals surface area contributed by atoms with Gasteiger partial charge in [0.25, 0.3) is 0 Å². The Hall–Kier alpha value is -1.19. The number of Topliss-reactive ketones (excluding diaryl/α,β-unsaturated/α-hetero) is 1. The summed E-state index contributed by atoms with van der Waals surface area (Å²) in [4.78, 5) is 35.9. The Kier molecular flexibility index (Phi) is 6.02. The molecule has 0 N–H and O–H groups in total. The highest BCUT2D eigenvalue weighted by Gasteiger charge is 2.29. The molecule has 4 heteroatoms. The van der Waals surface area contributed by atoms with Crippen molar-refractivity contribution in [2.24, 2.45) is 5.92 Å². The number of nitrogens with zero attached hydrogens (tertiary/aromatic N) is 1. The van der Waals surface area contributed by atoms with E-state index in [9.17, 15) is 14.4 Å². The monoisotopic (exact) mass is 253 g/mol. The summed E-state index contributed by atoms with van der Waals surface area (Å²) in [6, 6.07) is 0. The summed E-state index contributed by atoms with van der Waals surface area (Å²) in [6.45, 7) is 4.32. The highest BCUT2D eigenvalue weighted by Crippen LogP contribution is 2.19. The standard InChI is InChI=1S/C14H23NO3/c1-3-12(16)7-5-4-6-8-15-13(17)9-11(2)10-14(15)18/h11H,3-10H2,1-2H3. The number of rotatable bonds is 7. The third-order valence-electron chi connectivity index (χ3n) is 3.38. The van der Waals surface area contributed by atoms with Crippen LogP contribution in [0.3, 0.4) is 0 Å². The van der Waals surface area contributed by atoms with Gasteiger partial charge in [0.15, 0.2) is 0 Å². The number of unbranched alkanes of at least 4 members (excludes halogenated alkanes) is 2. The predicted octanol–water partition coefficient (Wildman–Crippen LogP) is 2.31. The van der Waals surface area contributed by atoms with Gasteiger partial charge < -0.3 is 0 Å². The normalized spacial score (nSPS) is 17.3. The number of hydrogen-bond donors (Lipinski definition) is 0. The number of carbonyl (C=O) groups excluding carboxylic acids is 3. The highest BCUT2D eigenvalue weighted by molar-refractivity contribution is 5.97. The van der Waals surface area contributed by atoms with Crippen molar-refractivity contribution >= 4 is 17.6 Å². The molecule has 0 saturated carbocycles. The fourth-order valence-corrected chi connectivity index (χ4v) is 2.22. The Labute approximate surface area is 109 Å². The van der Waals surface area contributed by atoms with Crippen molar-refractivity contribution in [1.29, 1.82) is 0 Å². The first-order chi connectivity index (χ1) is 8.54. The van der Waals surface area contributed by atoms with E-state index in [0.717, 1.165) is 19.3 Å². The van der Waals surface area contributed by atoms with Gasteiger partial charge in [-0.15, -0.1) is 0 Å². The SMILES string of the molecule is CCC(=O)CCCCCN1C(=O)CC(C)CC1=O. The molecule has 0 aliphatic carbocycles. The fourth-order valence-electron chi connectivity index (χ4n) is 2.22. The van der Waals surface area contributed by atoms with Crippen LogP contribution in [0.15, 0.2) is 0 Å². The molecule has 1 fully saturated rings. The number of ketones is 1. The van der Waals surface area contributed by atoms with Crippen LogP contribution >= 0.6 is 0 Å². The average Bonchev–Trinajstić information content (AvgIpc) is 2.31. The molecule has 1 heterocycles. The van der Waals surface area contributed by atoms with Crippen molar-refractivity contribution in [2.45, 2.75) is 58.8 Å². The first-order valence-corrected chi connectivity index (χ1v) is 6.89. The molecule has 0 unspecified atom stereocenters. The second-order valence-electron chi connectivity index (χ2n) is 5.16. The van der Waals surface area contributed by atoms with E-state index in [-0.39, 0.29) is 23.5 Å². The molecular weight excluding hydrogens is 230 g/mol. The molecule has 1 rings (SSSR count). The quantitative estimate of drug-likeness (QED) is 0.517. The summed E-state index contributed by atoms with van der Waals surface area (Å²) in [5.41, 5.74) is 0. The summed E-state index contributed by atoms with van der Waals surface area (Å²) in [7, 11) is 0. The van der Waals surface area contributed by atoms with Crippen LogP contribution in [-0.4, -0.2) is 29.0 Å². The van der Waals surface area contributed by atoms with Crippen LogP contribution in [0.2, 0.25) is 0 Å². The van der Waals surface area contributed by atoms with Crippen LogP contribution < -0.4 is 0 Å². The van der Waals surface area contributed by atoms with E-state index < -0.39 is 0 Å². The minimum atomic E-state index is -0.0385. The number of hydrogen-bond acceptors (Lipinski definition) is 3. The number of imide groups is 1. The van der Waals surface area contributed by atoms with Crippen molar-refractivity contribution in [2.75, 3.05) is 6.54 Å². The Bertz CT molecular complexity index is 307. The molecule has 102 valence electrons.